The first-order chi connectivity index (χ1) is 9.00. The Kier molecular flexibility index (Phi) is 4.54. The Morgan fingerprint density at radius 3 is 2.74 bits per heavy atom. The third-order valence-corrected chi connectivity index (χ3v) is 4.13. The standard InChI is InChI=1S/C14H14F2INO/c1-9-4-2-3-5-10(9)12-7-6-11(17)14(19)18(12)8-13(15)16/h2-5,7,11,13H,6,8H2,1H3. The van der Waals surface area contributed by atoms with Gasteiger partial charge in [0.05, 0.1) is 10.5 Å². The van der Waals surface area contributed by atoms with Crippen LogP contribution < -0.4 is 0 Å². The van der Waals surface area contributed by atoms with Crippen LogP contribution in [0.25, 0.3) is 5.70 Å². The summed E-state index contributed by atoms with van der Waals surface area (Å²) in [4.78, 5) is 13.3. The van der Waals surface area contributed by atoms with E-state index in [9.17, 15) is 13.6 Å². The van der Waals surface area contributed by atoms with E-state index < -0.39 is 13.0 Å². The molecule has 1 amide bonds. The highest BCUT2D eigenvalue weighted by Crippen LogP contribution is 2.31. The second kappa shape index (κ2) is 5.98. The first-order valence-electron chi connectivity index (χ1n) is 6.00. The highest BCUT2D eigenvalue weighted by Gasteiger charge is 2.31. The predicted octanol–water partition coefficient (Wildman–Crippen LogP) is 3.64. The van der Waals surface area contributed by atoms with Crippen molar-refractivity contribution in [3.8, 4) is 0 Å². The molecule has 0 saturated heterocycles. The van der Waals surface area contributed by atoms with Crippen molar-refractivity contribution in [2.45, 2.75) is 23.7 Å². The molecule has 1 atom stereocenters. The fourth-order valence-electron chi connectivity index (χ4n) is 2.16. The maximum Gasteiger partial charge on any atom is 0.256 e. The predicted molar refractivity (Wildman–Crippen MR) is 79.3 cm³/mol. The quantitative estimate of drug-likeness (QED) is 0.582. The van der Waals surface area contributed by atoms with Crippen molar-refractivity contribution in [3.63, 3.8) is 0 Å². The molecule has 2 nitrogen and oxygen atoms in total. The minimum absolute atomic E-state index is 0.235. The van der Waals surface area contributed by atoms with Gasteiger partial charge in [-0.3, -0.25) is 4.79 Å². The first-order valence-corrected chi connectivity index (χ1v) is 7.25. The number of halogens is 3. The second-order valence-corrected chi connectivity index (χ2v) is 5.95. The fraction of sp³-hybridized carbons (Fsp3) is 0.357. The summed E-state index contributed by atoms with van der Waals surface area (Å²) in [5.74, 6) is -0.235. The summed E-state index contributed by atoms with van der Waals surface area (Å²) in [6.07, 6.45) is -0.0653. The number of rotatable bonds is 3. The van der Waals surface area contributed by atoms with Gasteiger partial charge in [-0.25, -0.2) is 8.78 Å². The molecule has 2 rings (SSSR count). The van der Waals surface area contributed by atoms with Crippen molar-refractivity contribution in [1.82, 2.24) is 4.90 Å². The monoisotopic (exact) mass is 377 g/mol. The summed E-state index contributed by atoms with van der Waals surface area (Å²) in [5, 5.41) is 0. The molecule has 0 saturated carbocycles. The molecule has 0 fully saturated rings. The molecule has 102 valence electrons. The Balaban J connectivity index is 2.41. The number of hydrogen-bond donors (Lipinski definition) is 0. The van der Waals surface area contributed by atoms with Crippen LogP contribution in [0, 0.1) is 6.92 Å². The molecule has 1 aliphatic rings. The van der Waals surface area contributed by atoms with E-state index in [4.69, 9.17) is 0 Å². The van der Waals surface area contributed by atoms with Gasteiger partial charge in [0.25, 0.3) is 6.43 Å². The molecule has 5 heteroatoms. The number of carbonyl (C=O) groups excluding carboxylic acids is 1. The van der Waals surface area contributed by atoms with Gasteiger partial charge in [0.2, 0.25) is 5.91 Å². The summed E-state index contributed by atoms with van der Waals surface area (Å²) < 4.78 is 25.1. The minimum Gasteiger partial charge on any atom is -0.305 e. The second-order valence-electron chi connectivity index (χ2n) is 4.45. The van der Waals surface area contributed by atoms with Crippen LogP contribution in [0.2, 0.25) is 0 Å². The fourth-order valence-corrected chi connectivity index (χ4v) is 2.75. The first kappa shape index (κ1) is 14.4. The van der Waals surface area contributed by atoms with Gasteiger partial charge in [-0.15, -0.1) is 0 Å². The molecular weight excluding hydrogens is 363 g/mol. The van der Waals surface area contributed by atoms with E-state index in [1.807, 2.05) is 59.9 Å². The number of benzene rings is 1. The lowest BCUT2D eigenvalue weighted by Crippen LogP contribution is -2.41. The normalized spacial score (nSPS) is 19.8. The Morgan fingerprint density at radius 1 is 1.42 bits per heavy atom. The van der Waals surface area contributed by atoms with Gasteiger partial charge in [0.1, 0.15) is 0 Å². The molecule has 0 bridgehead atoms. The number of hydrogen-bond acceptors (Lipinski definition) is 1. The molecule has 0 radical (unpaired) electrons. The van der Waals surface area contributed by atoms with E-state index in [0.29, 0.717) is 12.1 Å². The topological polar surface area (TPSA) is 20.3 Å². The molecule has 1 heterocycles. The van der Waals surface area contributed by atoms with E-state index in [1.54, 1.807) is 0 Å². The zero-order valence-corrected chi connectivity index (χ0v) is 12.6. The van der Waals surface area contributed by atoms with Crippen LogP contribution in [-0.2, 0) is 4.79 Å². The summed E-state index contributed by atoms with van der Waals surface area (Å²) >= 11 is 2.00. The van der Waals surface area contributed by atoms with Crippen LogP contribution in [0.1, 0.15) is 17.5 Å². The Hall–Kier alpha value is -0.980. The van der Waals surface area contributed by atoms with Gasteiger partial charge in [-0.05, 0) is 18.9 Å². The van der Waals surface area contributed by atoms with E-state index in [2.05, 4.69) is 0 Å². The van der Waals surface area contributed by atoms with Crippen molar-refractivity contribution in [1.29, 1.82) is 0 Å². The maximum atomic E-state index is 12.7. The van der Waals surface area contributed by atoms with Crippen LogP contribution in [-0.4, -0.2) is 27.7 Å². The van der Waals surface area contributed by atoms with Crippen LogP contribution in [0.15, 0.2) is 30.3 Å². The molecule has 0 aliphatic carbocycles. The molecule has 19 heavy (non-hydrogen) atoms. The van der Waals surface area contributed by atoms with Crippen LogP contribution >= 0.6 is 22.6 Å². The SMILES string of the molecule is Cc1ccccc1C1=CCC(I)C(=O)N1CC(F)F. The van der Waals surface area contributed by atoms with Gasteiger partial charge in [-0.1, -0.05) is 52.9 Å². The molecule has 1 aromatic carbocycles. The largest absolute Gasteiger partial charge is 0.305 e. The number of aryl methyl sites for hydroxylation is 1. The number of allylic oxidation sites excluding steroid dienone is 1. The summed E-state index contributed by atoms with van der Waals surface area (Å²) in [5.41, 5.74) is 2.43. The smallest absolute Gasteiger partial charge is 0.256 e. The van der Waals surface area contributed by atoms with E-state index >= 15 is 0 Å². The van der Waals surface area contributed by atoms with Gasteiger partial charge in [0.15, 0.2) is 0 Å². The van der Waals surface area contributed by atoms with Crippen molar-refractivity contribution in [2.75, 3.05) is 6.54 Å². The van der Waals surface area contributed by atoms with Gasteiger partial charge in [-0.2, -0.15) is 0 Å². The molecule has 0 N–H and O–H groups in total. The number of amides is 1. The minimum atomic E-state index is -2.53. The zero-order valence-electron chi connectivity index (χ0n) is 10.4. The van der Waals surface area contributed by atoms with Crippen molar-refractivity contribution in [2.24, 2.45) is 0 Å². The highest BCUT2D eigenvalue weighted by atomic mass is 127. The lowest BCUT2D eigenvalue weighted by atomic mass is 10.0. The third-order valence-electron chi connectivity index (χ3n) is 3.08. The summed E-state index contributed by atoms with van der Waals surface area (Å²) in [6, 6.07) is 7.52. The lowest BCUT2D eigenvalue weighted by molar-refractivity contribution is -0.128. The Bertz CT molecular complexity index is 516. The van der Waals surface area contributed by atoms with Gasteiger partial charge >= 0.3 is 0 Å². The Morgan fingerprint density at radius 2 is 2.11 bits per heavy atom. The van der Waals surface area contributed by atoms with Crippen molar-refractivity contribution >= 4 is 34.2 Å². The lowest BCUT2D eigenvalue weighted by Gasteiger charge is -2.31. The van der Waals surface area contributed by atoms with Crippen LogP contribution in [0.5, 0.6) is 0 Å². The highest BCUT2D eigenvalue weighted by molar-refractivity contribution is 14.1. The van der Waals surface area contributed by atoms with E-state index in [1.165, 1.54) is 4.90 Å². The molecule has 0 spiro atoms. The molecular formula is C14H14F2INO. The van der Waals surface area contributed by atoms with Crippen LogP contribution in [0.3, 0.4) is 0 Å². The summed E-state index contributed by atoms with van der Waals surface area (Å²) in [7, 11) is 0. The average Bonchev–Trinajstić information content (AvgIpc) is 2.36. The molecule has 1 unspecified atom stereocenters. The maximum absolute atomic E-state index is 12.7. The van der Waals surface area contributed by atoms with Gasteiger partial charge < -0.3 is 4.90 Å². The number of carbonyl (C=O) groups is 1. The molecule has 1 aliphatic heterocycles. The average molecular weight is 377 g/mol. The van der Waals surface area contributed by atoms with E-state index in [0.717, 1.165) is 11.1 Å². The van der Waals surface area contributed by atoms with Crippen LogP contribution in [0.4, 0.5) is 8.78 Å². The van der Waals surface area contributed by atoms with Gasteiger partial charge in [0, 0.05) is 11.3 Å². The number of nitrogens with zero attached hydrogens (tertiary/aromatic N) is 1. The zero-order chi connectivity index (χ0) is 14.0. The number of alkyl halides is 3. The Labute approximate surface area is 124 Å². The summed E-state index contributed by atoms with van der Waals surface area (Å²) in [6.45, 7) is 1.37. The molecule has 1 aromatic rings. The molecule has 0 aromatic heterocycles. The third kappa shape index (κ3) is 3.13. The van der Waals surface area contributed by atoms with E-state index in [-0.39, 0.29) is 9.83 Å². The van der Waals surface area contributed by atoms with Crippen molar-refractivity contribution < 1.29 is 13.6 Å². The van der Waals surface area contributed by atoms with Crippen molar-refractivity contribution in [3.05, 3.63) is 41.5 Å².